The number of carbonyl (C=O) groups excluding carboxylic acids is 2. The molecule has 7 nitrogen and oxygen atoms in total. The number of hydrogen-bond donors (Lipinski definition) is 4. The maximum Gasteiger partial charge on any atom is 0.240 e. The van der Waals surface area contributed by atoms with Gasteiger partial charge in [0.1, 0.15) is 17.3 Å². The van der Waals surface area contributed by atoms with Gasteiger partial charge in [-0.2, -0.15) is 0 Å². The minimum atomic E-state index is -0.386. The first kappa shape index (κ1) is 22.1. The van der Waals surface area contributed by atoms with Gasteiger partial charge < -0.3 is 15.4 Å². The lowest BCUT2D eigenvalue weighted by atomic mass is 10.1. The lowest BCUT2D eigenvalue weighted by molar-refractivity contribution is -0.125. The van der Waals surface area contributed by atoms with Crippen LogP contribution in [0.25, 0.3) is 0 Å². The van der Waals surface area contributed by atoms with Crippen molar-refractivity contribution in [3.8, 4) is 5.75 Å². The molecule has 2 aromatic rings. The Labute approximate surface area is 181 Å². The maximum absolute atomic E-state index is 12.5. The number of carbonyl (C=O) groups is 2. The van der Waals surface area contributed by atoms with Crippen molar-refractivity contribution in [1.29, 1.82) is 0 Å². The average molecular weight is 429 g/mol. The van der Waals surface area contributed by atoms with E-state index in [0.717, 1.165) is 28.1 Å². The normalized spacial score (nSPS) is 18.6. The molecule has 2 amide bonds. The van der Waals surface area contributed by atoms with Gasteiger partial charge >= 0.3 is 0 Å². The van der Waals surface area contributed by atoms with E-state index in [0.29, 0.717) is 13.0 Å². The summed E-state index contributed by atoms with van der Waals surface area (Å²) in [7, 11) is 0. The average Bonchev–Trinajstić information content (AvgIpc) is 2.73. The van der Waals surface area contributed by atoms with Crippen LogP contribution in [-0.4, -0.2) is 35.7 Å². The highest BCUT2D eigenvalue weighted by Gasteiger charge is 2.27. The zero-order valence-corrected chi connectivity index (χ0v) is 18.3. The second kappa shape index (κ2) is 10.5. The van der Waals surface area contributed by atoms with E-state index in [9.17, 15) is 9.59 Å². The van der Waals surface area contributed by atoms with Crippen LogP contribution in [0.4, 0.5) is 5.69 Å². The Morgan fingerprint density at radius 1 is 1.10 bits per heavy atom. The summed E-state index contributed by atoms with van der Waals surface area (Å²) in [6, 6.07) is 13.2. The minimum Gasteiger partial charge on any atom is -0.494 e. The Balaban J connectivity index is 1.45. The molecule has 3 rings (SSSR count). The highest BCUT2D eigenvalue weighted by molar-refractivity contribution is 8.00. The fourth-order valence-corrected chi connectivity index (χ4v) is 3.95. The number of benzene rings is 2. The molecule has 0 bridgehead atoms. The number of amides is 2. The van der Waals surface area contributed by atoms with E-state index in [1.807, 2.05) is 63.2 Å². The Kier molecular flexibility index (Phi) is 7.73. The summed E-state index contributed by atoms with van der Waals surface area (Å²) in [6.45, 7) is 6.50. The summed E-state index contributed by atoms with van der Waals surface area (Å²) in [5.74, 6) is 0.827. The standard InChI is InChI=1S/C22H28N4O3S/c1-4-29-17-10-8-16(9-11-17)12-18-21(28)24-22(26-25-18)30-13-19(27)23-20-14(2)6-5-7-15(20)3/h5-11,18,22,25-26H,4,12-13H2,1-3H3,(H,23,27)(H,24,28). The van der Waals surface area contributed by atoms with Crippen LogP contribution < -0.4 is 26.2 Å². The molecule has 0 saturated carbocycles. The van der Waals surface area contributed by atoms with Gasteiger partial charge in [-0.1, -0.05) is 30.3 Å². The van der Waals surface area contributed by atoms with Crippen molar-refractivity contribution >= 4 is 29.3 Å². The van der Waals surface area contributed by atoms with E-state index in [1.54, 1.807) is 0 Å². The lowest BCUT2D eigenvalue weighted by Crippen LogP contribution is -2.64. The molecule has 2 unspecified atom stereocenters. The van der Waals surface area contributed by atoms with Gasteiger partial charge in [0.25, 0.3) is 0 Å². The van der Waals surface area contributed by atoms with E-state index >= 15 is 0 Å². The highest BCUT2D eigenvalue weighted by Crippen LogP contribution is 2.20. The zero-order chi connectivity index (χ0) is 21.5. The third-order valence-corrected chi connectivity index (χ3v) is 5.78. The van der Waals surface area contributed by atoms with Gasteiger partial charge in [0.2, 0.25) is 11.8 Å². The molecule has 0 spiro atoms. The molecule has 1 fully saturated rings. The van der Waals surface area contributed by atoms with Crippen LogP contribution in [0.15, 0.2) is 42.5 Å². The number of anilines is 1. The number of ether oxygens (including phenoxy) is 1. The topological polar surface area (TPSA) is 91.5 Å². The minimum absolute atomic E-state index is 0.102. The molecule has 2 atom stereocenters. The van der Waals surface area contributed by atoms with E-state index in [4.69, 9.17) is 4.74 Å². The van der Waals surface area contributed by atoms with Gasteiger partial charge in [-0.15, -0.1) is 11.8 Å². The van der Waals surface area contributed by atoms with Crippen molar-refractivity contribution in [2.75, 3.05) is 17.7 Å². The fourth-order valence-electron chi connectivity index (χ4n) is 3.21. The summed E-state index contributed by atoms with van der Waals surface area (Å²) >= 11 is 1.32. The van der Waals surface area contributed by atoms with Crippen molar-refractivity contribution in [2.24, 2.45) is 0 Å². The fraction of sp³-hybridized carbons (Fsp3) is 0.364. The van der Waals surface area contributed by atoms with E-state index in [-0.39, 0.29) is 29.1 Å². The van der Waals surface area contributed by atoms with E-state index in [1.165, 1.54) is 11.8 Å². The van der Waals surface area contributed by atoms with Crippen LogP contribution >= 0.6 is 11.8 Å². The van der Waals surface area contributed by atoms with Gasteiger partial charge in [-0.3, -0.25) is 9.59 Å². The van der Waals surface area contributed by atoms with Crippen LogP contribution in [0.2, 0.25) is 0 Å². The Bertz CT molecular complexity index is 868. The van der Waals surface area contributed by atoms with Crippen LogP contribution in [0, 0.1) is 13.8 Å². The first-order chi connectivity index (χ1) is 14.5. The van der Waals surface area contributed by atoms with Gasteiger partial charge in [0.15, 0.2) is 0 Å². The molecular weight excluding hydrogens is 400 g/mol. The van der Waals surface area contributed by atoms with Crippen LogP contribution in [-0.2, 0) is 16.0 Å². The molecule has 0 aromatic heterocycles. The summed E-state index contributed by atoms with van der Waals surface area (Å²) < 4.78 is 5.44. The molecule has 2 aromatic carbocycles. The molecule has 1 heterocycles. The second-order valence-electron chi connectivity index (χ2n) is 7.14. The van der Waals surface area contributed by atoms with E-state index < -0.39 is 0 Å². The van der Waals surface area contributed by atoms with Crippen LogP contribution in [0.1, 0.15) is 23.6 Å². The number of nitrogens with one attached hydrogen (secondary N) is 4. The summed E-state index contributed by atoms with van der Waals surface area (Å²) in [5.41, 5.74) is 9.67. The third kappa shape index (κ3) is 5.98. The van der Waals surface area contributed by atoms with Crippen molar-refractivity contribution in [2.45, 2.75) is 38.7 Å². The molecule has 30 heavy (non-hydrogen) atoms. The monoisotopic (exact) mass is 428 g/mol. The predicted molar refractivity (Wildman–Crippen MR) is 120 cm³/mol. The lowest BCUT2D eigenvalue weighted by Gasteiger charge is -2.31. The first-order valence-electron chi connectivity index (χ1n) is 9.97. The Hall–Kier alpha value is -2.55. The molecule has 8 heteroatoms. The summed E-state index contributed by atoms with van der Waals surface area (Å²) in [4.78, 5) is 24.8. The molecule has 4 N–H and O–H groups in total. The molecule has 1 aliphatic heterocycles. The molecule has 0 aliphatic carbocycles. The van der Waals surface area contributed by atoms with Crippen LogP contribution in [0.5, 0.6) is 5.75 Å². The molecular formula is C22H28N4O3S. The second-order valence-corrected chi connectivity index (χ2v) is 8.23. The quantitative estimate of drug-likeness (QED) is 0.516. The van der Waals surface area contributed by atoms with Crippen molar-refractivity contribution in [1.82, 2.24) is 16.2 Å². The summed E-state index contributed by atoms with van der Waals surface area (Å²) in [5, 5.41) is 5.86. The van der Waals surface area contributed by atoms with Crippen molar-refractivity contribution < 1.29 is 14.3 Å². The Morgan fingerprint density at radius 3 is 2.43 bits per heavy atom. The third-order valence-electron chi connectivity index (χ3n) is 4.78. The van der Waals surface area contributed by atoms with E-state index in [2.05, 4.69) is 21.5 Å². The molecule has 1 aliphatic rings. The summed E-state index contributed by atoms with van der Waals surface area (Å²) in [6.07, 6.45) is 0.551. The number of rotatable bonds is 8. The Morgan fingerprint density at radius 2 is 1.80 bits per heavy atom. The number of hydrazine groups is 1. The highest BCUT2D eigenvalue weighted by atomic mass is 32.2. The molecule has 160 valence electrons. The van der Waals surface area contributed by atoms with Gasteiger partial charge in [-0.25, -0.2) is 10.9 Å². The number of aryl methyl sites for hydroxylation is 2. The number of hydrogen-bond acceptors (Lipinski definition) is 6. The van der Waals surface area contributed by atoms with Gasteiger partial charge in [-0.05, 0) is 56.0 Å². The largest absolute Gasteiger partial charge is 0.494 e. The maximum atomic E-state index is 12.5. The SMILES string of the molecule is CCOc1ccc(CC2NNC(SCC(=O)Nc3c(C)cccc3C)NC2=O)cc1. The molecule has 0 radical (unpaired) electrons. The van der Waals surface area contributed by atoms with Crippen molar-refractivity contribution in [3.05, 3.63) is 59.2 Å². The van der Waals surface area contributed by atoms with Crippen molar-refractivity contribution in [3.63, 3.8) is 0 Å². The predicted octanol–water partition coefficient (Wildman–Crippen LogP) is 2.49. The molecule has 1 saturated heterocycles. The first-order valence-corrected chi connectivity index (χ1v) is 11.0. The van der Waals surface area contributed by atoms with Crippen LogP contribution in [0.3, 0.4) is 0 Å². The zero-order valence-electron chi connectivity index (χ0n) is 17.5. The van der Waals surface area contributed by atoms with Gasteiger partial charge in [0, 0.05) is 5.69 Å². The van der Waals surface area contributed by atoms with Gasteiger partial charge in [0.05, 0.1) is 12.4 Å². The number of thioether (sulfide) groups is 1. The number of para-hydroxylation sites is 1. The smallest absolute Gasteiger partial charge is 0.240 e.